The fourth-order valence-electron chi connectivity index (χ4n) is 0.794. The molecule has 4 heteroatoms. The monoisotopic (exact) mass is 185 g/mol. The third-order valence-electron chi connectivity index (χ3n) is 1.39. The van der Waals surface area contributed by atoms with Crippen molar-refractivity contribution in [1.29, 1.82) is 5.26 Å². The summed E-state index contributed by atoms with van der Waals surface area (Å²) in [7, 11) is 0. The maximum atomic E-state index is 13.1. The molecule has 0 saturated heterocycles. The second-order valence-corrected chi connectivity index (χ2v) is 2.90. The SMILES string of the molecule is CSc1ccc(F)c(C#N)c1F. The van der Waals surface area contributed by atoms with Gasteiger partial charge in [0.05, 0.1) is 0 Å². The van der Waals surface area contributed by atoms with E-state index in [9.17, 15) is 8.78 Å². The summed E-state index contributed by atoms with van der Waals surface area (Å²) in [6.45, 7) is 0. The number of hydrogen-bond acceptors (Lipinski definition) is 2. The van der Waals surface area contributed by atoms with E-state index in [4.69, 9.17) is 5.26 Å². The lowest BCUT2D eigenvalue weighted by Gasteiger charge is -2.00. The molecule has 1 aromatic carbocycles. The number of rotatable bonds is 1. The van der Waals surface area contributed by atoms with Gasteiger partial charge in [-0.3, -0.25) is 0 Å². The van der Waals surface area contributed by atoms with Gasteiger partial charge in [-0.05, 0) is 18.4 Å². The van der Waals surface area contributed by atoms with Gasteiger partial charge < -0.3 is 0 Å². The van der Waals surface area contributed by atoms with Crippen molar-refractivity contribution < 1.29 is 8.78 Å². The number of thioether (sulfide) groups is 1. The lowest BCUT2D eigenvalue weighted by atomic mass is 10.2. The summed E-state index contributed by atoms with van der Waals surface area (Å²) >= 11 is 1.14. The molecule has 0 heterocycles. The largest absolute Gasteiger partial charge is 0.205 e. The fourth-order valence-corrected chi connectivity index (χ4v) is 1.28. The first kappa shape index (κ1) is 9.01. The van der Waals surface area contributed by atoms with Gasteiger partial charge in [-0.2, -0.15) is 5.26 Å². The maximum Gasteiger partial charge on any atom is 0.157 e. The summed E-state index contributed by atoms with van der Waals surface area (Å²) < 4.78 is 25.7. The molecule has 0 aliphatic rings. The molecular weight excluding hydrogens is 180 g/mol. The molecule has 1 rings (SSSR count). The van der Waals surface area contributed by atoms with Crippen molar-refractivity contribution in [3.8, 4) is 6.07 Å². The minimum atomic E-state index is -0.812. The van der Waals surface area contributed by atoms with Crippen LogP contribution in [0.25, 0.3) is 0 Å². The van der Waals surface area contributed by atoms with E-state index < -0.39 is 17.2 Å². The van der Waals surface area contributed by atoms with Crippen molar-refractivity contribution in [3.63, 3.8) is 0 Å². The highest BCUT2D eigenvalue weighted by molar-refractivity contribution is 7.98. The van der Waals surface area contributed by atoms with Crippen molar-refractivity contribution in [2.24, 2.45) is 0 Å². The van der Waals surface area contributed by atoms with Gasteiger partial charge in [0.1, 0.15) is 17.4 Å². The Hall–Kier alpha value is -1.08. The molecule has 0 spiro atoms. The Balaban J connectivity index is 3.36. The van der Waals surface area contributed by atoms with Crippen LogP contribution in [0.5, 0.6) is 0 Å². The van der Waals surface area contributed by atoms with Crippen molar-refractivity contribution in [2.45, 2.75) is 4.90 Å². The molecule has 1 nitrogen and oxygen atoms in total. The van der Waals surface area contributed by atoms with Crippen LogP contribution < -0.4 is 0 Å². The summed E-state index contributed by atoms with van der Waals surface area (Å²) in [5.74, 6) is -1.59. The number of hydrogen-bond donors (Lipinski definition) is 0. The Labute approximate surface area is 73.0 Å². The van der Waals surface area contributed by atoms with Gasteiger partial charge in [0.2, 0.25) is 0 Å². The highest BCUT2D eigenvalue weighted by atomic mass is 32.2. The predicted octanol–water partition coefficient (Wildman–Crippen LogP) is 2.56. The van der Waals surface area contributed by atoms with Crippen molar-refractivity contribution in [3.05, 3.63) is 29.3 Å². The maximum absolute atomic E-state index is 13.1. The Bertz CT molecular complexity index is 344. The molecule has 0 aromatic heterocycles. The zero-order valence-electron chi connectivity index (χ0n) is 6.27. The Morgan fingerprint density at radius 3 is 2.58 bits per heavy atom. The number of benzene rings is 1. The minimum absolute atomic E-state index is 0.285. The van der Waals surface area contributed by atoms with E-state index in [2.05, 4.69) is 0 Å². The van der Waals surface area contributed by atoms with E-state index in [1.54, 1.807) is 6.26 Å². The lowest BCUT2D eigenvalue weighted by molar-refractivity contribution is 0.559. The van der Waals surface area contributed by atoms with Gasteiger partial charge in [0.15, 0.2) is 5.82 Å². The molecule has 0 bridgehead atoms. The van der Waals surface area contributed by atoms with Crippen LogP contribution in [0, 0.1) is 23.0 Å². The van der Waals surface area contributed by atoms with Crippen LogP contribution in [0.2, 0.25) is 0 Å². The van der Waals surface area contributed by atoms with Gasteiger partial charge in [0.25, 0.3) is 0 Å². The molecule has 0 amide bonds. The van der Waals surface area contributed by atoms with E-state index >= 15 is 0 Å². The minimum Gasteiger partial charge on any atom is -0.205 e. The first-order chi connectivity index (χ1) is 5.70. The molecule has 0 radical (unpaired) electrons. The van der Waals surface area contributed by atoms with E-state index in [0.717, 1.165) is 17.8 Å². The Morgan fingerprint density at radius 1 is 1.42 bits per heavy atom. The third-order valence-corrected chi connectivity index (χ3v) is 2.14. The zero-order chi connectivity index (χ0) is 9.14. The summed E-state index contributed by atoms with van der Waals surface area (Å²) in [5.41, 5.74) is -0.512. The van der Waals surface area contributed by atoms with Crippen LogP contribution in [-0.4, -0.2) is 6.26 Å². The summed E-state index contributed by atoms with van der Waals surface area (Å²) in [5, 5.41) is 8.38. The van der Waals surface area contributed by atoms with Crippen LogP contribution in [0.15, 0.2) is 17.0 Å². The predicted molar refractivity (Wildman–Crippen MR) is 42.9 cm³/mol. The first-order valence-corrected chi connectivity index (χ1v) is 4.35. The van der Waals surface area contributed by atoms with E-state index in [0.29, 0.717) is 0 Å². The van der Waals surface area contributed by atoms with Crippen LogP contribution >= 0.6 is 11.8 Å². The van der Waals surface area contributed by atoms with Crippen molar-refractivity contribution >= 4 is 11.8 Å². The van der Waals surface area contributed by atoms with Crippen molar-refractivity contribution in [2.75, 3.05) is 6.26 Å². The molecule has 0 saturated carbocycles. The molecule has 12 heavy (non-hydrogen) atoms. The second-order valence-electron chi connectivity index (χ2n) is 2.05. The number of halogens is 2. The molecule has 0 aliphatic carbocycles. The van der Waals surface area contributed by atoms with E-state index in [-0.39, 0.29) is 4.90 Å². The average Bonchev–Trinajstić information content (AvgIpc) is 2.06. The number of nitriles is 1. The van der Waals surface area contributed by atoms with Crippen LogP contribution in [-0.2, 0) is 0 Å². The van der Waals surface area contributed by atoms with Gasteiger partial charge >= 0.3 is 0 Å². The molecule has 0 unspecified atom stereocenters. The smallest absolute Gasteiger partial charge is 0.157 e. The van der Waals surface area contributed by atoms with Gasteiger partial charge in [-0.15, -0.1) is 11.8 Å². The topological polar surface area (TPSA) is 23.8 Å². The second kappa shape index (κ2) is 3.55. The van der Waals surface area contributed by atoms with Gasteiger partial charge in [-0.25, -0.2) is 8.78 Å². The molecule has 0 fully saturated rings. The van der Waals surface area contributed by atoms with Crippen LogP contribution in [0.3, 0.4) is 0 Å². The summed E-state index contributed by atoms with van der Waals surface area (Å²) in [4.78, 5) is 0.285. The lowest BCUT2D eigenvalue weighted by Crippen LogP contribution is -1.91. The molecule has 0 atom stereocenters. The highest BCUT2D eigenvalue weighted by Gasteiger charge is 2.11. The first-order valence-electron chi connectivity index (χ1n) is 3.12. The summed E-state index contributed by atoms with van der Waals surface area (Å²) in [6.07, 6.45) is 1.66. The highest BCUT2D eigenvalue weighted by Crippen LogP contribution is 2.23. The molecule has 0 N–H and O–H groups in total. The normalized spacial score (nSPS) is 9.50. The standard InChI is InChI=1S/C8H5F2NS/c1-12-7-3-2-6(9)5(4-11)8(7)10/h2-3H,1H3. The Morgan fingerprint density at radius 2 is 2.08 bits per heavy atom. The van der Waals surface area contributed by atoms with Crippen molar-refractivity contribution in [1.82, 2.24) is 0 Å². The quantitative estimate of drug-likeness (QED) is 0.628. The van der Waals surface area contributed by atoms with Gasteiger partial charge in [0, 0.05) is 4.90 Å². The fraction of sp³-hybridized carbons (Fsp3) is 0.125. The summed E-state index contributed by atoms with van der Waals surface area (Å²) in [6, 6.07) is 3.88. The molecule has 62 valence electrons. The number of nitrogens with zero attached hydrogens (tertiary/aromatic N) is 1. The molecule has 1 aromatic rings. The zero-order valence-corrected chi connectivity index (χ0v) is 7.08. The Kier molecular flexibility index (Phi) is 2.66. The molecular formula is C8H5F2NS. The molecule has 0 aliphatic heterocycles. The average molecular weight is 185 g/mol. The van der Waals surface area contributed by atoms with Gasteiger partial charge in [-0.1, -0.05) is 0 Å². The third kappa shape index (κ3) is 1.41. The van der Waals surface area contributed by atoms with E-state index in [1.807, 2.05) is 0 Å². The van der Waals surface area contributed by atoms with Crippen LogP contribution in [0.1, 0.15) is 5.56 Å². The van der Waals surface area contributed by atoms with E-state index in [1.165, 1.54) is 12.1 Å². The van der Waals surface area contributed by atoms with Crippen LogP contribution in [0.4, 0.5) is 8.78 Å².